The highest BCUT2D eigenvalue weighted by Gasteiger charge is 2.28. The van der Waals surface area contributed by atoms with Crippen LogP contribution < -0.4 is 0 Å². The molecule has 19 heavy (non-hydrogen) atoms. The number of carbonyl (C=O) groups excluding carboxylic acids is 1. The monoisotopic (exact) mass is 270 g/mol. The third-order valence-electron chi connectivity index (χ3n) is 4.19. The lowest BCUT2D eigenvalue weighted by Crippen LogP contribution is -2.52. The van der Waals surface area contributed by atoms with Crippen molar-refractivity contribution in [3.63, 3.8) is 0 Å². The van der Waals surface area contributed by atoms with Gasteiger partial charge in [0.2, 0.25) is 5.91 Å². The number of nitrogens with zero attached hydrogens (tertiary/aromatic N) is 2. The Morgan fingerprint density at radius 2 is 1.89 bits per heavy atom. The highest BCUT2D eigenvalue weighted by atomic mass is 16.5. The van der Waals surface area contributed by atoms with Crippen LogP contribution in [0.2, 0.25) is 0 Å². The van der Waals surface area contributed by atoms with E-state index in [1.54, 1.807) is 0 Å². The lowest BCUT2D eigenvalue weighted by molar-refractivity contribution is -0.140. The third-order valence-corrected chi connectivity index (χ3v) is 4.19. The molecule has 0 saturated carbocycles. The predicted octanol–water partition coefficient (Wildman–Crippen LogP) is 0.328. The molecule has 2 fully saturated rings. The van der Waals surface area contributed by atoms with Gasteiger partial charge in [-0.05, 0) is 19.3 Å². The van der Waals surface area contributed by atoms with Gasteiger partial charge in [-0.2, -0.15) is 0 Å². The maximum atomic E-state index is 12.3. The highest BCUT2D eigenvalue weighted by molar-refractivity contribution is 5.79. The molecule has 0 aromatic carbocycles. The fourth-order valence-corrected chi connectivity index (χ4v) is 2.78. The van der Waals surface area contributed by atoms with Crippen LogP contribution in [-0.4, -0.2) is 72.9 Å². The molecule has 0 radical (unpaired) electrons. The Morgan fingerprint density at radius 3 is 2.47 bits per heavy atom. The van der Waals surface area contributed by atoms with Crippen LogP contribution in [0.5, 0.6) is 0 Å². The molecular weight excluding hydrogens is 244 g/mol. The van der Waals surface area contributed by atoms with Gasteiger partial charge < -0.3 is 14.7 Å². The second-order valence-corrected chi connectivity index (χ2v) is 5.57. The molecule has 0 unspecified atom stereocenters. The number of piperazine rings is 1. The van der Waals surface area contributed by atoms with E-state index in [0.717, 1.165) is 65.2 Å². The van der Waals surface area contributed by atoms with Gasteiger partial charge >= 0.3 is 0 Å². The molecule has 0 aromatic heterocycles. The Morgan fingerprint density at radius 1 is 1.26 bits per heavy atom. The van der Waals surface area contributed by atoms with Gasteiger partial charge in [0, 0.05) is 51.9 Å². The van der Waals surface area contributed by atoms with Crippen molar-refractivity contribution in [2.24, 2.45) is 5.92 Å². The zero-order valence-electron chi connectivity index (χ0n) is 11.9. The van der Waals surface area contributed by atoms with Crippen LogP contribution in [0.15, 0.2) is 0 Å². The number of rotatable bonds is 4. The summed E-state index contributed by atoms with van der Waals surface area (Å²) in [6.07, 6.45) is 2.29. The molecule has 5 heteroatoms. The topological polar surface area (TPSA) is 53.0 Å². The molecular formula is C14H26N2O3. The van der Waals surface area contributed by atoms with E-state index in [9.17, 15) is 9.90 Å². The first kappa shape index (κ1) is 14.8. The second kappa shape index (κ2) is 7.22. The van der Waals surface area contributed by atoms with Crippen molar-refractivity contribution in [1.82, 2.24) is 9.80 Å². The van der Waals surface area contributed by atoms with Crippen LogP contribution in [0.4, 0.5) is 0 Å². The van der Waals surface area contributed by atoms with E-state index in [1.165, 1.54) is 0 Å². The first-order valence-corrected chi connectivity index (χ1v) is 7.47. The first-order valence-electron chi connectivity index (χ1n) is 7.47. The standard InChI is InChI=1S/C14H26N2O3/c1-2-13(17)11-15-5-7-16(8-6-15)14(18)12-3-9-19-10-4-12/h12-13,17H,2-11H2,1H3/t13-/m0/s1. The second-order valence-electron chi connectivity index (χ2n) is 5.57. The zero-order chi connectivity index (χ0) is 13.7. The van der Waals surface area contributed by atoms with Gasteiger partial charge in [0.25, 0.3) is 0 Å². The van der Waals surface area contributed by atoms with Crippen molar-refractivity contribution in [3.8, 4) is 0 Å². The maximum Gasteiger partial charge on any atom is 0.225 e. The number of hydrogen-bond donors (Lipinski definition) is 1. The van der Waals surface area contributed by atoms with E-state index in [0.29, 0.717) is 5.91 Å². The predicted molar refractivity (Wildman–Crippen MR) is 72.9 cm³/mol. The van der Waals surface area contributed by atoms with Crippen LogP contribution >= 0.6 is 0 Å². The van der Waals surface area contributed by atoms with Crippen LogP contribution in [0.25, 0.3) is 0 Å². The lowest BCUT2D eigenvalue weighted by Gasteiger charge is -2.37. The average Bonchev–Trinajstić information content (AvgIpc) is 2.48. The minimum absolute atomic E-state index is 0.168. The van der Waals surface area contributed by atoms with Crippen LogP contribution in [-0.2, 0) is 9.53 Å². The Labute approximate surface area is 115 Å². The van der Waals surface area contributed by atoms with Gasteiger partial charge in [0.15, 0.2) is 0 Å². The molecule has 1 amide bonds. The Balaban J connectivity index is 1.74. The fraction of sp³-hybridized carbons (Fsp3) is 0.929. The molecule has 2 heterocycles. The number of amides is 1. The molecule has 2 aliphatic rings. The molecule has 110 valence electrons. The lowest BCUT2D eigenvalue weighted by atomic mass is 9.98. The van der Waals surface area contributed by atoms with E-state index in [-0.39, 0.29) is 12.0 Å². The fourth-order valence-electron chi connectivity index (χ4n) is 2.78. The highest BCUT2D eigenvalue weighted by Crippen LogP contribution is 2.18. The summed E-state index contributed by atoms with van der Waals surface area (Å²) in [4.78, 5) is 16.6. The van der Waals surface area contributed by atoms with Crippen molar-refractivity contribution in [2.45, 2.75) is 32.3 Å². The number of β-amino-alcohol motifs (C(OH)–C–C–N with tert-alkyl or cyclic N) is 1. The number of aliphatic hydroxyl groups is 1. The van der Waals surface area contributed by atoms with E-state index in [2.05, 4.69) is 4.90 Å². The first-order chi connectivity index (χ1) is 9.20. The average molecular weight is 270 g/mol. The summed E-state index contributed by atoms with van der Waals surface area (Å²) in [6.45, 7) is 7.53. The van der Waals surface area contributed by atoms with Crippen molar-refractivity contribution in [1.29, 1.82) is 0 Å². The Hall–Kier alpha value is -0.650. The molecule has 2 aliphatic heterocycles. The largest absolute Gasteiger partial charge is 0.392 e. The molecule has 0 aromatic rings. The summed E-state index contributed by atoms with van der Waals surface area (Å²) in [6, 6.07) is 0. The maximum absolute atomic E-state index is 12.3. The molecule has 2 rings (SSSR count). The number of aliphatic hydroxyl groups excluding tert-OH is 1. The van der Waals surface area contributed by atoms with E-state index >= 15 is 0 Å². The number of hydrogen-bond acceptors (Lipinski definition) is 4. The Bertz CT molecular complexity index is 284. The van der Waals surface area contributed by atoms with Crippen molar-refractivity contribution >= 4 is 5.91 Å². The summed E-state index contributed by atoms with van der Waals surface area (Å²) in [5, 5.41) is 9.65. The normalized spacial score (nSPS) is 24.4. The zero-order valence-corrected chi connectivity index (χ0v) is 11.9. The minimum Gasteiger partial charge on any atom is -0.392 e. The number of ether oxygens (including phenoxy) is 1. The van der Waals surface area contributed by atoms with Crippen molar-refractivity contribution < 1.29 is 14.6 Å². The van der Waals surface area contributed by atoms with Gasteiger partial charge in [-0.25, -0.2) is 0 Å². The van der Waals surface area contributed by atoms with Gasteiger partial charge in [0.05, 0.1) is 6.10 Å². The molecule has 1 N–H and O–H groups in total. The summed E-state index contributed by atoms with van der Waals surface area (Å²) >= 11 is 0. The van der Waals surface area contributed by atoms with Gasteiger partial charge in [-0.1, -0.05) is 6.92 Å². The van der Waals surface area contributed by atoms with Crippen molar-refractivity contribution in [2.75, 3.05) is 45.9 Å². The van der Waals surface area contributed by atoms with Gasteiger partial charge in [0.1, 0.15) is 0 Å². The summed E-state index contributed by atoms with van der Waals surface area (Å²) in [5.74, 6) is 0.473. The molecule has 0 bridgehead atoms. The van der Waals surface area contributed by atoms with Gasteiger partial charge in [-0.15, -0.1) is 0 Å². The van der Waals surface area contributed by atoms with Crippen LogP contribution in [0.3, 0.4) is 0 Å². The molecule has 1 atom stereocenters. The van der Waals surface area contributed by atoms with Crippen LogP contribution in [0, 0.1) is 5.92 Å². The summed E-state index contributed by atoms with van der Waals surface area (Å²) in [5.41, 5.74) is 0. The third kappa shape index (κ3) is 4.16. The Kier molecular flexibility index (Phi) is 5.60. The molecule has 5 nitrogen and oxygen atoms in total. The van der Waals surface area contributed by atoms with E-state index in [1.807, 2.05) is 11.8 Å². The summed E-state index contributed by atoms with van der Waals surface area (Å²) in [7, 11) is 0. The van der Waals surface area contributed by atoms with E-state index in [4.69, 9.17) is 4.74 Å². The molecule has 2 saturated heterocycles. The molecule has 0 aliphatic carbocycles. The van der Waals surface area contributed by atoms with Gasteiger partial charge in [-0.3, -0.25) is 9.69 Å². The SMILES string of the molecule is CC[C@H](O)CN1CCN(C(=O)C2CCOCC2)CC1. The minimum atomic E-state index is -0.238. The quantitative estimate of drug-likeness (QED) is 0.800. The van der Waals surface area contributed by atoms with Crippen LogP contribution in [0.1, 0.15) is 26.2 Å². The smallest absolute Gasteiger partial charge is 0.225 e. The van der Waals surface area contributed by atoms with Crippen molar-refractivity contribution in [3.05, 3.63) is 0 Å². The van der Waals surface area contributed by atoms with E-state index < -0.39 is 0 Å². The summed E-state index contributed by atoms with van der Waals surface area (Å²) < 4.78 is 5.30. The number of carbonyl (C=O) groups is 1. The molecule has 0 spiro atoms.